The molecule has 3 N–H and O–H groups in total. The topological polar surface area (TPSA) is 105 Å². The Morgan fingerprint density at radius 2 is 1.62 bits per heavy atom. The Balaban J connectivity index is 1.64. The molecule has 3 rings (SSSR count). The number of hydrogen-bond acceptors (Lipinski definition) is 4. The number of hydrogen-bond donors (Lipinski definition) is 3. The van der Waals surface area contributed by atoms with E-state index in [9.17, 15) is 28.3 Å². The van der Waals surface area contributed by atoms with E-state index in [1.54, 1.807) is 6.92 Å². The first-order valence-corrected chi connectivity index (χ1v) is 11.1. The van der Waals surface area contributed by atoms with Crippen molar-refractivity contribution >= 4 is 18.0 Å². The van der Waals surface area contributed by atoms with Crippen molar-refractivity contribution in [2.75, 3.05) is 13.2 Å². The predicted molar refractivity (Wildman–Crippen MR) is 122 cm³/mol. The van der Waals surface area contributed by atoms with E-state index in [1.165, 1.54) is 6.92 Å². The van der Waals surface area contributed by atoms with Crippen LogP contribution in [0.5, 0.6) is 0 Å². The number of benzene rings is 2. The maximum Gasteiger partial charge on any atom is 0.407 e. The van der Waals surface area contributed by atoms with E-state index in [2.05, 4.69) is 10.6 Å². The van der Waals surface area contributed by atoms with Gasteiger partial charge in [-0.1, -0.05) is 55.5 Å². The quantitative estimate of drug-likeness (QED) is 0.480. The van der Waals surface area contributed by atoms with E-state index >= 15 is 0 Å². The lowest BCUT2D eigenvalue weighted by Crippen LogP contribution is -2.51. The number of carbonyl (C=O) groups excluding carboxylic acids is 2. The van der Waals surface area contributed by atoms with Gasteiger partial charge >= 0.3 is 12.1 Å². The molecule has 0 aliphatic heterocycles. The van der Waals surface area contributed by atoms with Crippen molar-refractivity contribution in [1.82, 2.24) is 10.6 Å². The number of ether oxygens (including phenoxy) is 1. The highest BCUT2D eigenvalue weighted by atomic mass is 19.3. The zero-order valence-corrected chi connectivity index (χ0v) is 19.0. The van der Waals surface area contributed by atoms with E-state index < -0.39 is 42.3 Å². The Morgan fingerprint density at radius 3 is 2.12 bits per heavy atom. The zero-order chi connectivity index (χ0) is 24.9. The number of carboxylic acids is 1. The maximum atomic E-state index is 13.1. The molecule has 7 nitrogen and oxygen atoms in total. The van der Waals surface area contributed by atoms with Crippen LogP contribution in [0.15, 0.2) is 48.5 Å². The summed E-state index contributed by atoms with van der Waals surface area (Å²) >= 11 is 0. The summed E-state index contributed by atoms with van der Waals surface area (Å²) in [5.41, 5.74) is 2.81. The molecule has 34 heavy (non-hydrogen) atoms. The normalized spacial score (nSPS) is 15.1. The van der Waals surface area contributed by atoms with E-state index in [-0.39, 0.29) is 25.5 Å². The second-order valence-corrected chi connectivity index (χ2v) is 8.59. The molecule has 0 fully saturated rings. The fourth-order valence-corrected chi connectivity index (χ4v) is 3.95. The second-order valence-electron chi connectivity index (χ2n) is 8.59. The fourth-order valence-electron chi connectivity index (χ4n) is 3.95. The van der Waals surface area contributed by atoms with Crippen molar-refractivity contribution in [3.63, 3.8) is 0 Å². The zero-order valence-electron chi connectivity index (χ0n) is 19.0. The molecule has 0 aromatic heterocycles. The van der Waals surface area contributed by atoms with Crippen LogP contribution in [0.2, 0.25) is 0 Å². The molecular weight excluding hydrogens is 446 g/mol. The molecule has 2 atom stereocenters. The van der Waals surface area contributed by atoms with Crippen LogP contribution in [-0.2, 0) is 14.3 Å². The van der Waals surface area contributed by atoms with Crippen LogP contribution in [-0.4, -0.2) is 48.7 Å². The summed E-state index contributed by atoms with van der Waals surface area (Å²) in [5.74, 6) is -2.23. The smallest absolute Gasteiger partial charge is 0.407 e. The lowest BCUT2D eigenvalue weighted by atomic mass is 9.87. The summed E-state index contributed by atoms with van der Waals surface area (Å²) < 4.78 is 31.5. The summed E-state index contributed by atoms with van der Waals surface area (Å²) in [4.78, 5) is 36.3. The summed E-state index contributed by atoms with van der Waals surface area (Å²) in [7, 11) is 0. The molecule has 2 amide bonds. The molecule has 2 aromatic carbocycles. The number of rotatable bonds is 10. The number of alkyl carbamates (subject to hydrolysis) is 1. The summed E-state index contributed by atoms with van der Waals surface area (Å²) in [6.45, 7) is 2.79. The highest BCUT2D eigenvalue weighted by Crippen LogP contribution is 2.44. The first-order chi connectivity index (χ1) is 16.2. The molecular formula is C25H28F2N2O5. The Morgan fingerprint density at radius 1 is 1.06 bits per heavy atom. The summed E-state index contributed by atoms with van der Waals surface area (Å²) in [6, 6.07) is 13.9. The number of alkyl halides is 2. The van der Waals surface area contributed by atoms with Gasteiger partial charge in [-0.2, -0.15) is 0 Å². The van der Waals surface area contributed by atoms with Gasteiger partial charge in [0.25, 0.3) is 0 Å². The Bertz CT molecular complexity index is 1020. The van der Waals surface area contributed by atoms with Crippen molar-refractivity contribution in [3.8, 4) is 11.1 Å². The van der Waals surface area contributed by atoms with Gasteiger partial charge in [-0.3, -0.25) is 9.59 Å². The first-order valence-electron chi connectivity index (χ1n) is 11.1. The van der Waals surface area contributed by atoms with Crippen LogP contribution in [0.3, 0.4) is 0 Å². The third-order valence-corrected chi connectivity index (χ3v) is 6.32. The van der Waals surface area contributed by atoms with Gasteiger partial charge in [0, 0.05) is 18.9 Å². The molecule has 182 valence electrons. The maximum absolute atomic E-state index is 13.1. The van der Waals surface area contributed by atoms with Gasteiger partial charge in [0.1, 0.15) is 12.6 Å². The van der Waals surface area contributed by atoms with E-state index in [4.69, 9.17) is 4.74 Å². The van der Waals surface area contributed by atoms with Crippen LogP contribution in [0.1, 0.15) is 43.7 Å². The largest absolute Gasteiger partial charge is 0.481 e. The van der Waals surface area contributed by atoms with Gasteiger partial charge in [0.15, 0.2) is 0 Å². The fraction of sp³-hybridized carbons (Fsp3) is 0.400. The van der Waals surface area contributed by atoms with E-state index in [0.717, 1.165) is 22.3 Å². The molecule has 9 heteroatoms. The van der Waals surface area contributed by atoms with Crippen molar-refractivity contribution in [2.24, 2.45) is 5.41 Å². The van der Waals surface area contributed by atoms with Crippen molar-refractivity contribution in [3.05, 3.63) is 59.7 Å². The molecule has 2 aromatic rings. The number of fused-ring (bicyclic) bond motifs is 3. The van der Waals surface area contributed by atoms with Crippen LogP contribution in [0.4, 0.5) is 13.6 Å². The van der Waals surface area contributed by atoms with Crippen LogP contribution >= 0.6 is 0 Å². The Kier molecular flexibility index (Phi) is 7.86. The molecule has 0 heterocycles. The number of amides is 2. The van der Waals surface area contributed by atoms with E-state index in [0.29, 0.717) is 0 Å². The third-order valence-electron chi connectivity index (χ3n) is 6.32. The highest BCUT2D eigenvalue weighted by molar-refractivity contribution is 5.86. The van der Waals surface area contributed by atoms with Gasteiger partial charge in [0.05, 0.1) is 5.41 Å². The van der Waals surface area contributed by atoms with Gasteiger partial charge in [-0.15, -0.1) is 0 Å². The van der Waals surface area contributed by atoms with Crippen molar-refractivity contribution in [1.29, 1.82) is 0 Å². The summed E-state index contributed by atoms with van der Waals surface area (Å²) in [5, 5.41) is 13.9. The third kappa shape index (κ3) is 5.52. The number of carboxylic acid groups (broad SMARTS) is 1. The molecule has 0 saturated carbocycles. The number of aliphatic carboxylic acids is 1. The molecule has 0 saturated heterocycles. The molecule has 0 spiro atoms. The second kappa shape index (κ2) is 10.6. The molecule has 0 radical (unpaired) electrons. The molecule has 2 unspecified atom stereocenters. The Hall–Kier alpha value is -3.49. The van der Waals surface area contributed by atoms with Gasteiger partial charge in [-0.25, -0.2) is 13.6 Å². The van der Waals surface area contributed by atoms with Crippen molar-refractivity contribution in [2.45, 2.75) is 45.1 Å². The van der Waals surface area contributed by atoms with E-state index in [1.807, 2.05) is 48.5 Å². The standard InChI is InChI=1S/C25H28F2N2O5/c1-3-25(2,23(31)32)14-28-22(30)20(12-21(26)27)29-24(33)34-13-19-17-10-6-4-8-15(17)16-9-5-7-11-18(16)19/h4-11,19-21H,3,12-14H2,1-2H3,(H,28,30)(H,29,33)(H,31,32). The minimum absolute atomic E-state index is 0.0319. The van der Waals surface area contributed by atoms with Crippen LogP contribution in [0.25, 0.3) is 11.1 Å². The predicted octanol–water partition coefficient (Wildman–Crippen LogP) is 4.17. The highest BCUT2D eigenvalue weighted by Gasteiger charge is 2.34. The minimum Gasteiger partial charge on any atom is -0.481 e. The number of halogens is 2. The first kappa shape index (κ1) is 25.1. The molecule has 0 bridgehead atoms. The van der Waals surface area contributed by atoms with Crippen LogP contribution < -0.4 is 10.6 Å². The monoisotopic (exact) mass is 474 g/mol. The molecule has 1 aliphatic carbocycles. The summed E-state index contributed by atoms with van der Waals surface area (Å²) in [6.07, 6.45) is -4.56. The molecule has 1 aliphatic rings. The SMILES string of the molecule is CCC(C)(CNC(=O)C(CC(F)F)NC(=O)OCC1c2ccccc2-c2ccccc21)C(=O)O. The van der Waals surface area contributed by atoms with Crippen molar-refractivity contribution < 1.29 is 33.0 Å². The average Bonchev–Trinajstić information content (AvgIpc) is 3.14. The minimum atomic E-state index is -2.86. The van der Waals surface area contributed by atoms with Gasteiger partial charge in [0.2, 0.25) is 12.3 Å². The average molecular weight is 475 g/mol. The lowest BCUT2D eigenvalue weighted by molar-refractivity contribution is -0.148. The van der Waals surface area contributed by atoms with Crippen LogP contribution in [0, 0.1) is 5.41 Å². The number of nitrogens with one attached hydrogen (secondary N) is 2. The Labute approximate surface area is 196 Å². The lowest BCUT2D eigenvalue weighted by Gasteiger charge is -2.25. The van der Waals surface area contributed by atoms with Gasteiger partial charge in [-0.05, 0) is 35.6 Å². The van der Waals surface area contributed by atoms with Gasteiger partial charge < -0.3 is 20.5 Å². The number of carbonyl (C=O) groups is 3.